The summed E-state index contributed by atoms with van der Waals surface area (Å²) in [6.07, 6.45) is 7.20. The fourth-order valence-electron chi connectivity index (χ4n) is 7.95. The monoisotopic (exact) mass is 466 g/mol. The van der Waals surface area contributed by atoms with Crippen molar-refractivity contribution in [3.63, 3.8) is 0 Å². The number of carbonyl (C=O) groups excluding carboxylic acids is 3. The fourth-order valence-corrected chi connectivity index (χ4v) is 7.95. The van der Waals surface area contributed by atoms with Crippen LogP contribution < -0.4 is 5.06 Å². The van der Waals surface area contributed by atoms with E-state index in [-0.39, 0.29) is 28.7 Å². The van der Waals surface area contributed by atoms with Gasteiger partial charge in [0, 0.05) is 24.4 Å². The van der Waals surface area contributed by atoms with Crippen LogP contribution in [0.15, 0.2) is 24.3 Å². The molecular formula is C28H38N2O4. The van der Waals surface area contributed by atoms with Crippen LogP contribution in [-0.4, -0.2) is 47.1 Å². The Labute approximate surface area is 203 Å². The second-order valence-corrected chi connectivity index (χ2v) is 11.6. The van der Waals surface area contributed by atoms with E-state index in [1.807, 2.05) is 0 Å². The summed E-state index contributed by atoms with van der Waals surface area (Å²) < 4.78 is 0. The van der Waals surface area contributed by atoms with Crippen molar-refractivity contribution >= 4 is 23.2 Å². The molecule has 2 heterocycles. The van der Waals surface area contributed by atoms with Crippen molar-refractivity contribution in [2.24, 2.45) is 23.2 Å². The third kappa shape index (κ3) is 3.74. The molecule has 4 aliphatic rings. The van der Waals surface area contributed by atoms with Crippen molar-refractivity contribution in [3.05, 3.63) is 29.8 Å². The maximum atomic E-state index is 12.6. The Bertz CT molecular complexity index is 991. The highest BCUT2D eigenvalue weighted by molar-refractivity contribution is 5.95. The van der Waals surface area contributed by atoms with E-state index >= 15 is 0 Å². The molecule has 6 heteroatoms. The Balaban J connectivity index is 1.35. The molecule has 4 fully saturated rings. The summed E-state index contributed by atoms with van der Waals surface area (Å²) in [5, 5.41) is 1.44. The van der Waals surface area contributed by atoms with Crippen LogP contribution in [0.2, 0.25) is 0 Å². The van der Waals surface area contributed by atoms with Crippen LogP contribution in [0.5, 0.6) is 0 Å². The summed E-state index contributed by atoms with van der Waals surface area (Å²) in [5.41, 5.74) is 1.48. The van der Waals surface area contributed by atoms with Crippen molar-refractivity contribution in [2.75, 3.05) is 18.2 Å². The van der Waals surface area contributed by atoms with Crippen LogP contribution in [0.3, 0.4) is 0 Å². The number of ketones is 2. The number of anilines is 1. The Kier molecular flexibility index (Phi) is 5.96. The van der Waals surface area contributed by atoms with Gasteiger partial charge in [0.05, 0.1) is 18.3 Å². The number of hydrogen-bond acceptors (Lipinski definition) is 5. The molecule has 2 aliphatic heterocycles. The van der Waals surface area contributed by atoms with Crippen LogP contribution in [-0.2, 0) is 14.4 Å². The number of carbonyl (C=O) groups is 3. The van der Waals surface area contributed by atoms with E-state index in [9.17, 15) is 14.4 Å². The molecule has 5 rings (SSSR count). The van der Waals surface area contributed by atoms with Crippen LogP contribution in [0.1, 0.15) is 83.0 Å². The van der Waals surface area contributed by atoms with E-state index in [1.165, 1.54) is 12.0 Å². The molecule has 184 valence electrons. The predicted molar refractivity (Wildman–Crippen MR) is 130 cm³/mol. The first-order chi connectivity index (χ1) is 16.1. The number of amides is 1. The van der Waals surface area contributed by atoms with Gasteiger partial charge in [0.1, 0.15) is 5.78 Å². The van der Waals surface area contributed by atoms with E-state index in [1.54, 1.807) is 31.2 Å². The average Bonchev–Trinajstić information content (AvgIpc) is 3.14. The van der Waals surface area contributed by atoms with Crippen LogP contribution in [0.25, 0.3) is 0 Å². The molecule has 6 atom stereocenters. The molecule has 2 aliphatic carbocycles. The fraction of sp³-hybridized carbons (Fsp3) is 0.679. The van der Waals surface area contributed by atoms with Crippen LogP contribution in [0.4, 0.5) is 5.69 Å². The maximum absolute atomic E-state index is 12.6. The maximum Gasteiger partial charge on any atom is 0.247 e. The van der Waals surface area contributed by atoms with Gasteiger partial charge in [-0.15, -0.1) is 0 Å². The van der Waals surface area contributed by atoms with Gasteiger partial charge in [-0.05, 0) is 106 Å². The molecule has 2 saturated heterocycles. The smallest absolute Gasteiger partial charge is 0.247 e. The second-order valence-electron chi connectivity index (χ2n) is 11.6. The van der Waals surface area contributed by atoms with Gasteiger partial charge in [-0.3, -0.25) is 24.1 Å². The van der Waals surface area contributed by atoms with Gasteiger partial charge in [-0.2, -0.15) is 5.06 Å². The Hall–Kier alpha value is -2.05. The van der Waals surface area contributed by atoms with Crippen molar-refractivity contribution in [3.8, 4) is 0 Å². The number of hydroxylamine groups is 1. The first-order valence-electron chi connectivity index (χ1n) is 13.0. The molecule has 2 saturated carbocycles. The molecular weight excluding hydrogens is 428 g/mol. The molecule has 1 aromatic rings. The molecule has 1 aromatic carbocycles. The second kappa shape index (κ2) is 8.56. The Morgan fingerprint density at radius 3 is 2.41 bits per heavy atom. The average molecular weight is 467 g/mol. The number of hydrogen-bond donors (Lipinski definition) is 0. The molecule has 34 heavy (non-hydrogen) atoms. The first-order valence-corrected chi connectivity index (χ1v) is 13.0. The summed E-state index contributed by atoms with van der Waals surface area (Å²) in [6, 6.07) is 7.10. The first kappa shape index (κ1) is 23.7. The summed E-state index contributed by atoms with van der Waals surface area (Å²) >= 11 is 0. The Morgan fingerprint density at radius 2 is 1.74 bits per heavy atom. The topological polar surface area (TPSA) is 66.9 Å². The number of benzene rings is 1. The number of rotatable bonds is 4. The molecule has 0 spiro atoms. The molecule has 0 bridgehead atoms. The van der Waals surface area contributed by atoms with Gasteiger partial charge >= 0.3 is 0 Å². The SMILES string of the molecule is CC(=O)c1ccc(N(O[C@H]2CCC3C4CCN5CC(=O)CC[C@]5(C)C4CC[C@@]32C)C(C)=O)cc1. The number of nitrogens with zero attached hydrogens (tertiary/aromatic N) is 2. The molecule has 0 aromatic heterocycles. The predicted octanol–water partition coefficient (Wildman–Crippen LogP) is 4.81. The van der Waals surface area contributed by atoms with Crippen molar-refractivity contribution in [1.82, 2.24) is 4.90 Å². The van der Waals surface area contributed by atoms with Gasteiger partial charge in [-0.25, -0.2) is 0 Å². The third-order valence-corrected chi connectivity index (χ3v) is 9.91. The van der Waals surface area contributed by atoms with Gasteiger partial charge in [0.2, 0.25) is 5.91 Å². The lowest BCUT2D eigenvalue weighted by molar-refractivity contribution is -0.152. The van der Waals surface area contributed by atoms with E-state index < -0.39 is 0 Å². The highest BCUT2D eigenvalue weighted by atomic mass is 16.7. The summed E-state index contributed by atoms with van der Waals surface area (Å²) in [5.74, 6) is 2.13. The van der Waals surface area contributed by atoms with E-state index in [2.05, 4.69) is 18.7 Å². The van der Waals surface area contributed by atoms with E-state index in [0.29, 0.717) is 41.3 Å². The standard InChI is InChI=1S/C28H38N2O4/c1-18(31)20-5-7-21(8-6-20)30(19(2)32)34-26-10-9-24-23-13-16-29-17-22(33)11-15-28(29,4)25(23)12-14-27(24,26)3/h5-8,23-26H,9-17H2,1-4H3/t23?,24?,25?,26-,27-,28+/m0/s1. The molecule has 0 radical (unpaired) electrons. The highest BCUT2D eigenvalue weighted by Crippen LogP contribution is 2.62. The molecule has 3 unspecified atom stereocenters. The number of Topliss-reactive ketones (excluding diaryl/α,β-unsaturated/α-hetero) is 2. The third-order valence-electron chi connectivity index (χ3n) is 9.91. The summed E-state index contributed by atoms with van der Waals surface area (Å²) in [4.78, 5) is 45.3. The van der Waals surface area contributed by atoms with Gasteiger partial charge in [-0.1, -0.05) is 6.92 Å². The lowest BCUT2D eigenvalue weighted by atomic mass is 9.52. The van der Waals surface area contributed by atoms with E-state index in [4.69, 9.17) is 4.84 Å². The minimum absolute atomic E-state index is 0.00592. The van der Waals surface area contributed by atoms with Crippen molar-refractivity contribution < 1.29 is 19.2 Å². The zero-order chi connectivity index (χ0) is 24.3. The Morgan fingerprint density at radius 1 is 1.00 bits per heavy atom. The zero-order valence-corrected chi connectivity index (χ0v) is 21.0. The number of piperidine rings is 2. The lowest BCUT2D eigenvalue weighted by Gasteiger charge is -2.61. The zero-order valence-electron chi connectivity index (χ0n) is 21.0. The van der Waals surface area contributed by atoms with Crippen LogP contribution >= 0.6 is 0 Å². The van der Waals surface area contributed by atoms with E-state index in [0.717, 1.165) is 51.5 Å². The summed E-state index contributed by atoms with van der Waals surface area (Å²) in [7, 11) is 0. The van der Waals surface area contributed by atoms with Crippen LogP contribution in [0, 0.1) is 23.2 Å². The molecule has 6 nitrogen and oxygen atoms in total. The highest BCUT2D eigenvalue weighted by Gasteiger charge is 2.60. The summed E-state index contributed by atoms with van der Waals surface area (Å²) in [6.45, 7) is 9.50. The number of fused-ring (bicyclic) bond motifs is 5. The molecule has 0 N–H and O–H groups in total. The molecule has 1 amide bonds. The normalized spacial score (nSPS) is 37.5. The van der Waals surface area contributed by atoms with Crippen molar-refractivity contribution in [2.45, 2.75) is 84.3 Å². The lowest BCUT2D eigenvalue weighted by Crippen LogP contribution is -2.64. The quantitative estimate of drug-likeness (QED) is 0.470. The van der Waals surface area contributed by atoms with Crippen molar-refractivity contribution in [1.29, 1.82) is 0 Å². The van der Waals surface area contributed by atoms with Gasteiger partial charge < -0.3 is 0 Å². The minimum Gasteiger partial charge on any atom is -0.298 e. The van der Waals surface area contributed by atoms with Gasteiger partial charge in [0.25, 0.3) is 0 Å². The largest absolute Gasteiger partial charge is 0.298 e. The van der Waals surface area contributed by atoms with Gasteiger partial charge in [0.15, 0.2) is 5.78 Å². The minimum atomic E-state index is -0.149.